The number of carbonyl (C=O) groups is 1. The molecular weight excluding hydrogens is 264 g/mol. The summed E-state index contributed by atoms with van der Waals surface area (Å²) in [5, 5.41) is 0. The predicted molar refractivity (Wildman–Crippen MR) is 73.1 cm³/mol. The van der Waals surface area contributed by atoms with E-state index in [1.807, 2.05) is 6.92 Å². The lowest BCUT2D eigenvalue weighted by atomic mass is 10.2. The number of morpholine rings is 1. The van der Waals surface area contributed by atoms with Gasteiger partial charge in [-0.1, -0.05) is 0 Å². The van der Waals surface area contributed by atoms with Crippen LogP contribution < -0.4 is 5.73 Å². The lowest BCUT2D eigenvalue weighted by Crippen LogP contribution is -2.47. The standard InChI is InChI=1S/C12H14N4O2S/c1-7-6-18-5-4-16(7)12(17)10-8(13)9-11(19-10)15-3-2-14-9/h2-3,7H,4-6,13H2,1H3. The van der Waals surface area contributed by atoms with Gasteiger partial charge < -0.3 is 15.4 Å². The number of nitrogen functional groups attached to an aromatic ring is 1. The number of amides is 1. The minimum Gasteiger partial charge on any atom is -0.396 e. The number of rotatable bonds is 1. The number of hydrogen-bond acceptors (Lipinski definition) is 6. The van der Waals surface area contributed by atoms with E-state index in [0.29, 0.717) is 40.7 Å². The zero-order valence-corrected chi connectivity index (χ0v) is 11.3. The summed E-state index contributed by atoms with van der Waals surface area (Å²) < 4.78 is 5.34. The Morgan fingerprint density at radius 2 is 2.32 bits per heavy atom. The van der Waals surface area contributed by atoms with Gasteiger partial charge in [0.05, 0.1) is 24.9 Å². The Hall–Kier alpha value is -1.73. The minimum atomic E-state index is -0.0573. The summed E-state index contributed by atoms with van der Waals surface area (Å²) in [4.78, 5) is 23.9. The third kappa shape index (κ3) is 2.04. The van der Waals surface area contributed by atoms with Gasteiger partial charge in [0.15, 0.2) is 0 Å². The number of anilines is 1. The number of thiophene rings is 1. The number of nitrogens with two attached hydrogens (primary N) is 1. The van der Waals surface area contributed by atoms with E-state index in [9.17, 15) is 4.79 Å². The van der Waals surface area contributed by atoms with E-state index in [1.165, 1.54) is 11.3 Å². The predicted octanol–water partition coefficient (Wildman–Crippen LogP) is 1.13. The fraction of sp³-hybridized carbons (Fsp3) is 0.417. The van der Waals surface area contributed by atoms with Crippen molar-refractivity contribution in [3.8, 4) is 0 Å². The van der Waals surface area contributed by atoms with Crippen molar-refractivity contribution in [2.45, 2.75) is 13.0 Å². The Kier molecular flexibility index (Phi) is 3.08. The van der Waals surface area contributed by atoms with Crippen molar-refractivity contribution in [3.63, 3.8) is 0 Å². The lowest BCUT2D eigenvalue weighted by Gasteiger charge is -2.33. The van der Waals surface area contributed by atoms with Crippen LogP contribution in [0.3, 0.4) is 0 Å². The summed E-state index contributed by atoms with van der Waals surface area (Å²) in [6.07, 6.45) is 3.18. The topological polar surface area (TPSA) is 81.3 Å². The average molecular weight is 278 g/mol. The van der Waals surface area contributed by atoms with E-state index < -0.39 is 0 Å². The van der Waals surface area contributed by atoms with Gasteiger partial charge >= 0.3 is 0 Å². The summed E-state index contributed by atoms with van der Waals surface area (Å²) in [7, 11) is 0. The maximum absolute atomic E-state index is 12.5. The van der Waals surface area contributed by atoms with Crippen molar-refractivity contribution in [1.29, 1.82) is 0 Å². The van der Waals surface area contributed by atoms with Gasteiger partial charge in [0.25, 0.3) is 5.91 Å². The molecule has 6 nitrogen and oxygen atoms in total. The highest BCUT2D eigenvalue weighted by molar-refractivity contribution is 7.21. The Labute approximate surface area is 114 Å². The SMILES string of the molecule is CC1COCCN1C(=O)c1sc2nccnc2c1N. The van der Waals surface area contributed by atoms with E-state index in [0.717, 1.165) is 0 Å². The molecule has 100 valence electrons. The monoisotopic (exact) mass is 278 g/mol. The molecule has 1 unspecified atom stereocenters. The zero-order chi connectivity index (χ0) is 13.4. The first-order valence-electron chi connectivity index (χ1n) is 6.06. The van der Waals surface area contributed by atoms with Crippen LogP contribution in [0.5, 0.6) is 0 Å². The number of nitrogens with zero attached hydrogens (tertiary/aromatic N) is 3. The van der Waals surface area contributed by atoms with Crippen LogP contribution in [0.1, 0.15) is 16.6 Å². The second-order valence-corrected chi connectivity index (χ2v) is 5.48. The van der Waals surface area contributed by atoms with Crippen LogP contribution in [0.4, 0.5) is 5.69 Å². The van der Waals surface area contributed by atoms with Gasteiger partial charge in [0.2, 0.25) is 0 Å². The first-order chi connectivity index (χ1) is 9.18. The van der Waals surface area contributed by atoms with Crippen LogP contribution in [0.2, 0.25) is 0 Å². The van der Waals surface area contributed by atoms with Gasteiger partial charge in [-0.05, 0) is 6.92 Å². The molecule has 2 aromatic heterocycles. The number of hydrogen-bond donors (Lipinski definition) is 1. The van der Waals surface area contributed by atoms with Gasteiger partial charge in [-0.15, -0.1) is 11.3 Å². The Morgan fingerprint density at radius 1 is 1.53 bits per heavy atom. The Bertz CT molecular complexity index is 627. The molecule has 1 saturated heterocycles. The summed E-state index contributed by atoms with van der Waals surface area (Å²) in [5.41, 5.74) is 7.06. The van der Waals surface area contributed by atoms with Crippen LogP contribution in [0.15, 0.2) is 12.4 Å². The molecule has 0 radical (unpaired) electrons. The Balaban J connectivity index is 1.99. The summed E-state index contributed by atoms with van der Waals surface area (Å²) >= 11 is 1.30. The maximum atomic E-state index is 12.5. The maximum Gasteiger partial charge on any atom is 0.266 e. The second-order valence-electron chi connectivity index (χ2n) is 4.48. The van der Waals surface area contributed by atoms with E-state index in [1.54, 1.807) is 17.3 Å². The van der Waals surface area contributed by atoms with Crippen molar-refractivity contribution in [2.24, 2.45) is 0 Å². The molecule has 0 bridgehead atoms. The number of aromatic nitrogens is 2. The van der Waals surface area contributed by atoms with Crippen molar-refractivity contribution in [2.75, 3.05) is 25.5 Å². The molecule has 2 N–H and O–H groups in total. The van der Waals surface area contributed by atoms with Crippen molar-refractivity contribution in [3.05, 3.63) is 17.3 Å². The van der Waals surface area contributed by atoms with Gasteiger partial charge in [-0.2, -0.15) is 0 Å². The largest absolute Gasteiger partial charge is 0.396 e. The fourth-order valence-electron chi connectivity index (χ4n) is 2.16. The van der Waals surface area contributed by atoms with Crippen LogP contribution in [-0.2, 0) is 4.74 Å². The van der Waals surface area contributed by atoms with Crippen LogP contribution in [0, 0.1) is 0 Å². The average Bonchev–Trinajstić information content (AvgIpc) is 2.77. The molecule has 0 aliphatic carbocycles. The van der Waals surface area contributed by atoms with Gasteiger partial charge in [0.1, 0.15) is 15.2 Å². The molecule has 0 spiro atoms. The molecule has 1 amide bonds. The van der Waals surface area contributed by atoms with Crippen LogP contribution in [-0.4, -0.2) is 46.6 Å². The first-order valence-corrected chi connectivity index (χ1v) is 6.88. The molecule has 3 heterocycles. The molecule has 1 atom stereocenters. The van der Waals surface area contributed by atoms with E-state index in [2.05, 4.69) is 9.97 Å². The molecule has 1 fully saturated rings. The highest BCUT2D eigenvalue weighted by atomic mass is 32.1. The Morgan fingerprint density at radius 3 is 3.05 bits per heavy atom. The second kappa shape index (κ2) is 4.75. The molecular formula is C12H14N4O2S. The molecule has 3 rings (SSSR count). The molecule has 0 aromatic carbocycles. The van der Waals surface area contributed by atoms with Gasteiger partial charge in [-0.3, -0.25) is 4.79 Å². The highest BCUT2D eigenvalue weighted by Gasteiger charge is 2.28. The van der Waals surface area contributed by atoms with Gasteiger partial charge in [0, 0.05) is 18.9 Å². The number of carbonyl (C=O) groups excluding carboxylic acids is 1. The van der Waals surface area contributed by atoms with E-state index in [4.69, 9.17) is 10.5 Å². The van der Waals surface area contributed by atoms with Crippen molar-refractivity contribution < 1.29 is 9.53 Å². The summed E-state index contributed by atoms with van der Waals surface area (Å²) in [6, 6.07) is 0.0618. The van der Waals surface area contributed by atoms with E-state index >= 15 is 0 Å². The third-order valence-electron chi connectivity index (χ3n) is 3.19. The van der Waals surface area contributed by atoms with Crippen LogP contribution >= 0.6 is 11.3 Å². The minimum absolute atomic E-state index is 0.0573. The van der Waals surface area contributed by atoms with E-state index in [-0.39, 0.29) is 11.9 Å². The fourth-order valence-corrected chi connectivity index (χ4v) is 3.14. The molecule has 1 aliphatic rings. The highest BCUT2D eigenvalue weighted by Crippen LogP contribution is 2.32. The quantitative estimate of drug-likeness (QED) is 0.845. The normalized spacial score (nSPS) is 19.8. The first kappa shape index (κ1) is 12.3. The molecule has 7 heteroatoms. The smallest absolute Gasteiger partial charge is 0.266 e. The van der Waals surface area contributed by atoms with Crippen LogP contribution in [0.25, 0.3) is 10.3 Å². The molecule has 0 saturated carbocycles. The molecule has 2 aromatic rings. The zero-order valence-electron chi connectivity index (χ0n) is 10.5. The summed E-state index contributed by atoms with van der Waals surface area (Å²) in [6.45, 7) is 3.69. The van der Waals surface area contributed by atoms with Gasteiger partial charge in [-0.25, -0.2) is 9.97 Å². The number of fused-ring (bicyclic) bond motifs is 1. The van der Waals surface area contributed by atoms with Crippen molar-refractivity contribution >= 4 is 33.3 Å². The molecule has 1 aliphatic heterocycles. The number of ether oxygens (including phenoxy) is 1. The third-order valence-corrected chi connectivity index (χ3v) is 4.28. The molecule has 19 heavy (non-hydrogen) atoms. The summed E-state index contributed by atoms with van der Waals surface area (Å²) in [5.74, 6) is -0.0573. The lowest BCUT2D eigenvalue weighted by molar-refractivity contribution is 0.00392. The van der Waals surface area contributed by atoms with Crippen molar-refractivity contribution in [1.82, 2.24) is 14.9 Å².